The lowest BCUT2D eigenvalue weighted by Gasteiger charge is -2.13. The molecule has 6 amide bonds. The largest absolute Gasteiger partial charge is 0.288 e. The molecule has 9 heteroatoms. The number of carbonyl (C=O) groups is 6. The average Bonchev–Trinajstić information content (AvgIpc) is 4.32. The van der Waals surface area contributed by atoms with E-state index in [1.807, 2.05) is 194 Å². The van der Waals surface area contributed by atoms with Crippen molar-refractivity contribution in [3.63, 3.8) is 0 Å². The predicted molar refractivity (Wildman–Crippen MR) is 304 cm³/mol. The third-order valence-electron chi connectivity index (χ3n) is 16.2. The third kappa shape index (κ3) is 7.40. The van der Waals surface area contributed by atoms with E-state index in [2.05, 4.69) is 5.32 Å². The first kappa shape index (κ1) is 47.1. The highest BCUT2D eigenvalue weighted by Crippen LogP contribution is 2.33. The molecule has 3 aliphatic heterocycles. The molecule has 0 saturated carbocycles. The number of carbonyl (C=O) groups excluding carboxylic acids is 6. The zero-order chi connectivity index (χ0) is 54.6. The maximum Gasteiger partial charge on any atom is 0.266 e. The number of nitrogens with zero attached hydrogens (tertiary/aromatic N) is 2. The maximum atomic E-state index is 14.7. The van der Waals surface area contributed by atoms with Crippen molar-refractivity contribution in [1.82, 2.24) is 5.32 Å². The first-order chi connectivity index (χ1) is 39.7. The summed E-state index contributed by atoms with van der Waals surface area (Å²) in [6.07, 6.45) is 0. The number of para-hydroxylation sites is 2. The molecule has 11 aromatic rings. The highest BCUT2D eigenvalue weighted by atomic mass is 16.2. The van der Waals surface area contributed by atoms with E-state index in [0.29, 0.717) is 76.1 Å². The Labute approximate surface area is 458 Å². The monoisotopic (exact) mass is 1040 g/mol. The minimum Gasteiger partial charge on any atom is -0.288 e. The SMILES string of the molecule is O=C1NC(=O)c2c1c1ccc2=c2ccc(cc2)=c2ccc(cc2)=c2ccc(c3c2C(=O)N(c2ccccc2)C3=O)=c2ccc(cc2)=c2ccc(cc2)=c2ccc(c3c2C(=O)N(c2ccccc2)C3=O)=c2ccc(cc2)=c2ccc=1cc2. The Balaban J connectivity index is 1.02. The van der Waals surface area contributed by atoms with Gasteiger partial charge in [-0.15, -0.1) is 0 Å². The predicted octanol–water partition coefficient (Wildman–Crippen LogP) is 12.1. The van der Waals surface area contributed by atoms with Crippen molar-refractivity contribution in [3.8, 4) is 0 Å². The molecule has 3 heterocycles. The van der Waals surface area contributed by atoms with Crippen molar-refractivity contribution in [2.75, 3.05) is 9.80 Å². The lowest BCUT2D eigenvalue weighted by atomic mass is 10.00. The van der Waals surface area contributed by atoms with Crippen molar-refractivity contribution in [3.05, 3.63) is 370 Å². The summed E-state index contributed by atoms with van der Waals surface area (Å²) >= 11 is 0. The van der Waals surface area contributed by atoms with E-state index in [9.17, 15) is 28.8 Å². The van der Waals surface area contributed by atoms with Crippen LogP contribution in [0, 0.1) is 93.9 Å². The molecule has 18 bridgehead atoms. The molecule has 81 heavy (non-hydrogen) atoms. The molecular weight excluding hydrogens is 1000 g/mol. The molecule has 0 spiro atoms. The van der Waals surface area contributed by atoms with E-state index >= 15 is 0 Å². The van der Waals surface area contributed by atoms with Crippen molar-refractivity contribution in [2.24, 2.45) is 0 Å². The van der Waals surface area contributed by atoms with Crippen molar-refractivity contribution in [1.29, 1.82) is 0 Å². The van der Waals surface area contributed by atoms with Crippen LogP contribution in [0.1, 0.15) is 62.1 Å². The quantitative estimate of drug-likeness (QED) is 0.172. The Bertz CT molecular complexity index is 5240. The van der Waals surface area contributed by atoms with Crippen LogP contribution in [0.15, 0.2) is 243 Å². The molecule has 380 valence electrons. The van der Waals surface area contributed by atoms with E-state index in [1.54, 1.807) is 48.5 Å². The zero-order valence-electron chi connectivity index (χ0n) is 42.9. The van der Waals surface area contributed by atoms with Crippen LogP contribution in [0.2, 0.25) is 0 Å². The number of anilines is 2. The summed E-state index contributed by atoms with van der Waals surface area (Å²) in [7, 11) is 0. The van der Waals surface area contributed by atoms with Gasteiger partial charge in [0.15, 0.2) is 0 Å². The molecule has 0 atom stereocenters. The van der Waals surface area contributed by atoms with Gasteiger partial charge < -0.3 is 0 Å². The number of benzene rings is 11. The van der Waals surface area contributed by atoms with E-state index in [4.69, 9.17) is 0 Å². The molecular formula is C72H41N3O6. The van der Waals surface area contributed by atoms with Gasteiger partial charge in [0.2, 0.25) is 0 Å². The number of hydrogen-bond acceptors (Lipinski definition) is 6. The van der Waals surface area contributed by atoms with Crippen molar-refractivity contribution >= 4 is 46.8 Å². The third-order valence-corrected chi connectivity index (χ3v) is 16.2. The van der Waals surface area contributed by atoms with Crippen LogP contribution in [0.3, 0.4) is 0 Å². The maximum absolute atomic E-state index is 14.7. The van der Waals surface area contributed by atoms with Crippen LogP contribution >= 0.6 is 0 Å². The molecule has 9 nitrogen and oxygen atoms in total. The van der Waals surface area contributed by atoms with Crippen LogP contribution in [0.5, 0.6) is 0 Å². The van der Waals surface area contributed by atoms with Gasteiger partial charge in [0.05, 0.1) is 44.8 Å². The van der Waals surface area contributed by atoms with Gasteiger partial charge in [0.25, 0.3) is 35.4 Å². The molecule has 0 saturated heterocycles. The lowest BCUT2D eigenvalue weighted by molar-refractivity contribution is 0.0871. The molecule has 11 aromatic carbocycles. The van der Waals surface area contributed by atoms with Crippen LogP contribution in [-0.4, -0.2) is 35.4 Å². The van der Waals surface area contributed by atoms with E-state index in [0.717, 1.165) is 62.6 Å². The lowest BCUT2D eigenvalue weighted by Crippen LogP contribution is -2.29. The van der Waals surface area contributed by atoms with Crippen LogP contribution in [0.4, 0.5) is 11.4 Å². The molecule has 19 aliphatic carbocycles. The average molecular weight is 1040 g/mol. The van der Waals surface area contributed by atoms with Gasteiger partial charge in [-0.05, 0) is 118 Å². The molecule has 22 aliphatic rings. The molecule has 33 rings (SSSR count). The minimum atomic E-state index is -0.459. The van der Waals surface area contributed by atoms with Gasteiger partial charge in [-0.25, -0.2) is 9.80 Å². The van der Waals surface area contributed by atoms with E-state index in [-0.39, 0.29) is 0 Å². The topological polar surface area (TPSA) is 121 Å². The summed E-state index contributed by atoms with van der Waals surface area (Å²) in [5.74, 6) is -2.55. The zero-order valence-corrected chi connectivity index (χ0v) is 42.9. The van der Waals surface area contributed by atoms with Crippen LogP contribution in [-0.2, 0) is 0 Å². The van der Waals surface area contributed by atoms with Gasteiger partial charge in [-0.3, -0.25) is 34.1 Å². The van der Waals surface area contributed by atoms with Gasteiger partial charge in [0, 0.05) is 0 Å². The number of nitrogens with one attached hydrogen (secondary N) is 1. The minimum absolute atomic E-state index is 0.316. The van der Waals surface area contributed by atoms with E-state index < -0.39 is 35.4 Å². The van der Waals surface area contributed by atoms with Crippen LogP contribution in [0.25, 0.3) is 0 Å². The second kappa shape index (κ2) is 18.2. The summed E-state index contributed by atoms with van der Waals surface area (Å²) in [5.41, 5.74) is 2.88. The van der Waals surface area contributed by atoms with Gasteiger partial charge in [-0.2, -0.15) is 0 Å². The Morgan fingerprint density at radius 3 is 0.593 bits per heavy atom. The van der Waals surface area contributed by atoms with Crippen molar-refractivity contribution in [2.45, 2.75) is 0 Å². The number of imide groups is 3. The number of rotatable bonds is 2. The fourth-order valence-corrected chi connectivity index (χ4v) is 12.1. The molecule has 0 fully saturated rings. The Hall–Kier alpha value is -11.2. The summed E-state index contributed by atoms with van der Waals surface area (Å²) < 4.78 is 0. The van der Waals surface area contributed by atoms with Gasteiger partial charge in [-0.1, -0.05) is 218 Å². The fourth-order valence-electron chi connectivity index (χ4n) is 12.1. The first-order valence-electron chi connectivity index (χ1n) is 26.5. The second-order valence-corrected chi connectivity index (χ2v) is 20.5. The normalized spacial score (nSPS) is 13.6. The summed E-state index contributed by atoms with van der Waals surface area (Å²) in [6.45, 7) is 0. The standard InChI is InChI=1S/C72H41N3O6/c76-67-61-55-35-36-56(62(61)68(77)73-67)48-25-13-42(14-26-48)44-17-29-50(30-18-44)58-38-40-60(66-64(58)70(79)75(72(66)81)54-9-5-2-6-10-54)52-33-21-46(22-34-52)45-19-31-51(32-20-45)59-39-37-57(49-27-15-43(16-28-49)41-11-23-47(55)24-12-41)63-65(59)71(80)74(69(63)78)53-7-3-1-4-8-53/h1-40H,(H,73,76,77). The van der Waals surface area contributed by atoms with E-state index in [1.165, 1.54) is 9.80 Å². The molecule has 0 radical (unpaired) electrons. The fraction of sp³-hybridized carbons (Fsp3) is 0. The highest BCUT2D eigenvalue weighted by molar-refractivity contribution is 6.35. The summed E-state index contributed by atoms with van der Waals surface area (Å²) in [4.78, 5) is 88.4. The first-order valence-corrected chi connectivity index (χ1v) is 26.5. The van der Waals surface area contributed by atoms with Gasteiger partial charge in [0.1, 0.15) is 0 Å². The summed E-state index contributed by atoms with van der Waals surface area (Å²) in [6, 6.07) is 76.7. The second-order valence-electron chi connectivity index (χ2n) is 20.5. The number of amides is 6. The Morgan fingerprint density at radius 1 is 0.198 bits per heavy atom. The smallest absolute Gasteiger partial charge is 0.266 e. The molecule has 0 aromatic heterocycles. The summed E-state index contributed by atoms with van der Waals surface area (Å²) in [5, 5.41) is 16.4. The molecule has 1 N–H and O–H groups in total. The molecule has 0 unspecified atom stereocenters. The van der Waals surface area contributed by atoms with Gasteiger partial charge >= 0.3 is 0 Å². The Kier molecular flexibility index (Phi) is 10.6. The highest BCUT2D eigenvalue weighted by Gasteiger charge is 2.40. The van der Waals surface area contributed by atoms with Crippen LogP contribution < -0.4 is 15.1 Å². The number of hydrogen-bond donors (Lipinski definition) is 1. The van der Waals surface area contributed by atoms with Crippen molar-refractivity contribution < 1.29 is 28.8 Å². The Morgan fingerprint density at radius 2 is 0.383 bits per heavy atom.